The van der Waals surface area contributed by atoms with Gasteiger partial charge in [-0.2, -0.15) is 13.2 Å². The van der Waals surface area contributed by atoms with Gasteiger partial charge in [0, 0.05) is 29.5 Å². The van der Waals surface area contributed by atoms with Gasteiger partial charge >= 0.3 is 6.18 Å². The van der Waals surface area contributed by atoms with Gasteiger partial charge in [-0.1, -0.05) is 25.6 Å². The summed E-state index contributed by atoms with van der Waals surface area (Å²) >= 11 is 0. The number of amides is 1. The fourth-order valence-electron chi connectivity index (χ4n) is 3.82. The molecule has 198 valence electrons. The van der Waals surface area contributed by atoms with Gasteiger partial charge in [0.15, 0.2) is 0 Å². The van der Waals surface area contributed by atoms with Crippen molar-refractivity contribution >= 4 is 16.9 Å². The van der Waals surface area contributed by atoms with E-state index >= 15 is 0 Å². The van der Waals surface area contributed by atoms with Crippen LogP contribution in [0.15, 0.2) is 72.5 Å². The Morgan fingerprint density at radius 3 is 2.50 bits per heavy atom. The summed E-state index contributed by atoms with van der Waals surface area (Å²) in [5, 5.41) is 12.5. The SMILES string of the molecule is C=C1C=C(NC(=O)Cc2ccc(-c3cnc4cc(O)c(CC)cc4n3)cc2F)C=C(C(C)(C)C(F)(F)F)O1. The molecular weight excluding hydrogens is 502 g/mol. The van der Waals surface area contributed by atoms with Gasteiger partial charge in [-0.3, -0.25) is 9.78 Å². The van der Waals surface area contributed by atoms with Gasteiger partial charge in [-0.05, 0) is 43.5 Å². The molecule has 0 radical (unpaired) electrons. The van der Waals surface area contributed by atoms with Crippen molar-refractivity contribution in [1.82, 2.24) is 15.3 Å². The molecule has 10 heteroatoms. The third-order valence-electron chi connectivity index (χ3n) is 6.28. The van der Waals surface area contributed by atoms with Crippen molar-refractivity contribution in [1.29, 1.82) is 0 Å². The number of carbonyl (C=O) groups excluding carboxylic acids is 1. The zero-order valence-electron chi connectivity index (χ0n) is 20.9. The number of aromatic hydroxyl groups is 1. The van der Waals surface area contributed by atoms with Gasteiger partial charge in [0.05, 0.1) is 29.3 Å². The molecular formula is C28H25F4N3O3. The number of phenols is 1. The number of benzene rings is 2. The van der Waals surface area contributed by atoms with Crippen molar-refractivity contribution in [2.24, 2.45) is 5.41 Å². The molecule has 4 rings (SSSR count). The quantitative estimate of drug-likeness (QED) is 0.370. The van der Waals surface area contributed by atoms with Crippen LogP contribution in [0.4, 0.5) is 17.6 Å². The van der Waals surface area contributed by atoms with Crippen molar-refractivity contribution in [2.45, 2.75) is 39.8 Å². The van der Waals surface area contributed by atoms with E-state index in [-0.39, 0.29) is 29.2 Å². The minimum Gasteiger partial charge on any atom is -0.508 e. The van der Waals surface area contributed by atoms with E-state index < -0.39 is 29.1 Å². The van der Waals surface area contributed by atoms with Crippen LogP contribution in [0.1, 0.15) is 31.9 Å². The zero-order chi connectivity index (χ0) is 27.8. The van der Waals surface area contributed by atoms with Crippen molar-refractivity contribution in [3.05, 3.63) is 89.4 Å². The van der Waals surface area contributed by atoms with Gasteiger partial charge in [-0.15, -0.1) is 0 Å². The summed E-state index contributed by atoms with van der Waals surface area (Å²) in [6.07, 6.45) is -0.506. The topological polar surface area (TPSA) is 84.3 Å². The maximum Gasteiger partial charge on any atom is 0.400 e. The molecule has 3 aromatic rings. The molecule has 1 aliphatic heterocycles. The molecule has 38 heavy (non-hydrogen) atoms. The first-order valence-corrected chi connectivity index (χ1v) is 11.7. The lowest BCUT2D eigenvalue weighted by molar-refractivity contribution is -0.207. The summed E-state index contributed by atoms with van der Waals surface area (Å²) < 4.78 is 60.4. The normalized spacial score (nSPS) is 14.1. The van der Waals surface area contributed by atoms with Crippen molar-refractivity contribution in [2.75, 3.05) is 0 Å². The van der Waals surface area contributed by atoms with Crippen LogP contribution < -0.4 is 5.32 Å². The highest BCUT2D eigenvalue weighted by Crippen LogP contribution is 2.45. The van der Waals surface area contributed by atoms with Crippen molar-refractivity contribution in [3.63, 3.8) is 0 Å². The lowest BCUT2D eigenvalue weighted by atomic mass is 9.88. The minimum absolute atomic E-state index is 0.0551. The predicted octanol–water partition coefficient (Wildman–Crippen LogP) is 6.26. The predicted molar refractivity (Wildman–Crippen MR) is 134 cm³/mol. The minimum atomic E-state index is -4.59. The highest BCUT2D eigenvalue weighted by Gasteiger charge is 2.52. The number of alkyl halides is 3. The van der Waals surface area contributed by atoms with Crippen LogP contribution in [0.5, 0.6) is 5.75 Å². The van der Waals surface area contributed by atoms with Crippen molar-refractivity contribution < 1.29 is 32.2 Å². The number of hydrogen-bond acceptors (Lipinski definition) is 5. The number of fused-ring (bicyclic) bond motifs is 1. The second kappa shape index (κ2) is 9.92. The number of hydrogen-bond donors (Lipinski definition) is 2. The molecule has 0 saturated carbocycles. The Labute approximate surface area is 216 Å². The molecule has 1 amide bonds. The number of halogens is 4. The first-order valence-electron chi connectivity index (χ1n) is 11.7. The lowest BCUT2D eigenvalue weighted by Crippen LogP contribution is -2.36. The molecule has 0 bridgehead atoms. The molecule has 2 heterocycles. The number of nitrogens with zero attached hydrogens (tertiary/aromatic N) is 2. The summed E-state index contributed by atoms with van der Waals surface area (Å²) in [5.41, 5.74) is 0.444. The number of rotatable bonds is 6. The van der Waals surface area contributed by atoms with E-state index in [4.69, 9.17) is 4.74 Å². The molecule has 0 saturated heterocycles. The van der Waals surface area contributed by atoms with Crippen LogP contribution in [-0.4, -0.2) is 27.2 Å². The number of ether oxygens (including phenoxy) is 1. The van der Waals surface area contributed by atoms with Gasteiger partial charge in [-0.25, -0.2) is 9.37 Å². The Morgan fingerprint density at radius 1 is 1.11 bits per heavy atom. The van der Waals surface area contributed by atoms with E-state index in [2.05, 4.69) is 21.9 Å². The van der Waals surface area contributed by atoms with Crippen LogP contribution in [0.3, 0.4) is 0 Å². The molecule has 0 atom stereocenters. The van der Waals surface area contributed by atoms with Gasteiger partial charge in [0.25, 0.3) is 0 Å². The van der Waals surface area contributed by atoms with E-state index in [1.54, 1.807) is 12.1 Å². The lowest BCUT2D eigenvalue weighted by Gasteiger charge is -2.32. The summed E-state index contributed by atoms with van der Waals surface area (Å²) in [4.78, 5) is 21.4. The molecule has 1 aliphatic rings. The summed E-state index contributed by atoms with van der Waals surface area (Å²) in [5.74, 6) is -1.63. The van der Waals surface area contributed by atoms with E-state index in [9.17, 15) is 27.5 Å². The second-order valence-corrected chi connectivity index (χ2v) is 9.41. The van der Waals surface area contributed by atoms with Crippen LogP contribution in [0.2, 0.25) is 0 Å². The Bertz CT molecular complexity index is 1510. The molecule has 2 N–H and O–H groups in total. The highest BCUT2D eigenvalue weighted by atomic mass is 19.4. The Balaban J connectivity index is 1.51. The standard InChI is InChI=1S/C28H25F4N3O3/c1-5-16-10-22-21(13-24(16)36)33-14-23(35-22)18-7-6-17(20(29)9-18)11-26(37)34-19-8-15(2)38-25(12-19)27(3,4)28(30,31)32/h6-10,12-14,36H,2,5,11H2,1,3-4H3,(H,34,37). The molecule has 0 fully saturated rings. The second-order valence-electron chi connectivity index (χ2n) is 9.41. The van der Waals surface area contributed by atoms with Crippen LogP contribution in [0.25, 0.3) is 22.3 Å². The third kappa shape index (κ3) is 5.39. The van der Waals surface area contributed by atoms with Gasteiger partial charge in [0.1, 0.15) is 28.5 Å². The number of aryl methyl sites for hydroxylation is 1. The first kappa shape index (κ1) is 26.8. The van der Waals surface area contributed by atoms with E-state index in [1.807, 2.05) is 6.92 Å². The van der Waals surface area contributed by atoms with Gasteiger partial charge in [0.2, 0.25) is 5.91 Å². The summed E-state index contributed by atoms with van der Waals surface area (Å²) in [7, 11) is 0. The number of nitrogens with one attached hydrogen (secondary N) is 1. The smallest absolute Gasteiger partial charge is 0.400 e. The Kier molecular flexibility index (Phi) is 7.01. The zero-order valence-corrected chi connectivity index (χ0v) is 20.9. The van der Waals surface area contributed by atoms with Crippen LogP contribution >= 0.6 is 0 Å². The molecule has 1 aromatic heterocycles. The molecule has 0 aliphatic carbocycles. The average molecular weight is 528 g/mol. The molecule has 6 nitrogen and oxygen atoms in total. The van der Waals surface area contributed by atoms with Crippen LogP contribution in [0, 0.1) is 11.2 Å². The number of carbonyl (C=O) groups is 1. The number of allylic oxidation sites excluding steroid dienone is 3. The molecule has 0 spiro atoms. The number of phenolic OH excluding ortho intramolecular Hbond substituents is 1. The molecule has 0 unspecified atom stereocenters. The van der Waals surface area contributed by atoms with E-state index in [0.717, 1.165) is 19.9 Å². The third-order valence-corrected chi connectivity index (χ3v) is 6.28. The summed E-state index contributed by atoms with van der Waals surface area (Å²) in [6.45, 7) is 7.36. The van der Waals surface area contributed by atoms with Gasteiger partial charge < -0.3 is 15.2 Å². The average Bonchev–Trinajstić information content (AvgIpc) is 2.83. The maximum atomic E-state index is 14.9. The highest BCUT2D eigenvalue weighted by molar-refractivity contribution is 5.82. The first-order chi connectivity index (χ1) is 17.8. The Hall–Kier alpha value is -4.21. The fraction of sp³-hybridized carbons (Fsp3) is 0.250. The Morgan fingerprint density at radius 2 is 1.84 bits per heavy atom. The fourth-order valence-corrected chi connectivity index (χ4v) is 3.82. The summed E-state index contributed by atoms with van der Waals surface area (Å²) in [6, 6.07) is 7.53. The van der Waals surface area contributed by atoms with Crippen LogP contribution in [-0.2, 0) is 22.4 Å². The van der Waals surface area contributed by atoms with E-state index in [0.29, 0.717) is 34.3 Å². The monoisotopic (exact) mass is 527 g/mol. The van der Waals surface area contributed by atoms with E-state index in [1.165, 1.54) is 30.5 Å². The number of aromatic nitrogens is 2. The van der Waals surface area contributed by atoms with Crippen molar-refractivity contribution in [3.8, 4) is 17.0 Å². The largest absolute Gasteiger partial charge is 0.508 e. The maximum absolute atomic E-state index is 14.9. The molecule has 2 aromatic carbocycles.